The summed E-state index contributed by atoms with van der Waals surface area (Å²) in [5, 5.41) is 3.68. The van der Waals surface area contributed by atoms with Crippen LogP contribution in [-0.4, -0.2) is 18.1 Å². The van der Waals surface area contributed by atoms with Gasteiger partial charge in [-0.2, -0.15) is 0 Å². The van der Waals surface area contributed by atoms with Gasteiger partial charge in [0.2, 0.25) is 0 Å². The average molecular weight is 422 g/mol. The van der Waals surface area contributed by atoms with Gasteiger partial charge in [-0.3, -0.25) is 4.79 Å². The zero-order valence-electron chi connectivity index (χ0n) is 19.0. The van der Waals surface area contributed by atoms with Gasteiger partial charge >= 0.3 is 5.97 Å². The van der Waals surface area contributed by atoms with Crippen molar-refractivity contribution in [2.75, 3.05) is 5.32 Å². The van der Waals surface area contributed by atoms with Crippen LogP contribution in [0.4, 0.5) is 5.69 Å². The number of hydrogen-bond acceptors (Lipinski definition) is 4. The third kappa shape index (κ3) is 5.23. The molecule has 1 aliphatic heterocycles. The summed E-state index contributed by atoms with van der Waals surface area (Å²) < 4.78 is 12.0. The van der Waals surface area contributed by atoms with E-state index in [-0.39, 0.29) is 12.1 Å². The van der Waals surface area contributed by atoms with Gasteiger partial charge in [0.25, 0.3) is 0 Å². The van der Waals surface area contributed by atoms with E-state index in [1.54, 1.807) is 0 Å². The van der Waals surface area contributed by atoms with Crippen molar-refractivity contribution in [3.63, 3.8) is 0 Å². The molecule has 2 aromatic carbocycles. The highest BCUT2D eigenvalue weighted by atomic mass is 16.5. The first-order chi connectivity index (χ1) is 15.0. The molecule has 166 valence electrons. The molecule has 4 heteroatoms. The number of nitrogens with one attached hydrogen (secondary N) is 1. The van der Waals surface area contributed by atoms with E-state index < -0.39 is 0 Å². The standard InChI is InChI=1S/C27H35NO3/c1-18(10-9-13-21-11-5-4-6-12-21)30-22-16-25-27(26(17-22)31-20(3)29)24-15-8-7-14-23(24)19(2)28-25/h4-6,11-12,16-19,23-24,28H,7-10,13-15H2,1-3H3. The van der Waals surface area contributed by atoms with Crippen molar-refractivity contribution in [1.29, 1.82) is 0 Å². The number of carbonyl (C=O) groups excluding carboxylic acids is 1. The smallest absolute Gasteiger partial charge is 0.308 e. The van der Waals surface area contributed by atoms with Crippen LogP contribution in [0, 0.1) is 5.92 Å². The first-order valence-corrected chi connectivity index (χ1v) is 11.8. The highest BCUT2D eigenvalue weighted by Gasteiger charge is 2.38. The SMILES string of the molecule is CC(=O)Oc1cc(OC(C)CCCc2ccccc2)cc2c1C1CCCCC1C(C)N2. The number of hydrogen-bond donors (Lipinski definition) is 1. The number of anilines is 1. The second-order valence-electron chi connectivity index (χ2n) is 9.27. The van der Waals surface area contributed by atoms with Crippen LogP contribution in [0.15, 0.2) is 42.5 Å². The molecular weight excluding hydrogens is 386 g/mol. The normalized spacial score (nSPS) is 23.1. The quantitative estimate of drug-likeness (QED) is 0.410. The number of benzene rings is 2. The van der Waals surface area contributed by atoms with Crippen LogP contribution in [0.25, 0.3) is 0 Å². The Morgan fingerprint density at radius 1 is 1.16 bits per heavy atom. The molecule has 0 amide bonds. The Kier molecular flexibility index (Phi) is 6.84. The minimum Gasteiger partial charge on any atom is -0.491 e. The maximum absolute atomic E-state index is 11.8. The summed E-state index contributed by atoms with van der Waals surface area (Å²) in [7, 11) is 0. The Bertz CT molecular complexity index is 895. The van der Waals surface area contributed by atoms with Crippen molar-refractivity contribution in [2.45, 2.75) is 83.8 Å². The fourth-order valence-electron chi connectivity index (χ4n) is 5.41. The number of aryl methyl sites for hydroxylation is 1. The molecule has 0 radical (unpaired) electrons. The van der Waals surface area contributed by atoms with E-state index in [1.807, 2.05) is 6.07 Å². The molecule has 0 spiro atoms. The summed E-state index contributed by atoms with van der Waals surface area (Å²) >= 11 is 0. The molecule has 4 rings (SSSR count). The van der Waals surface area contributed by atoms with Gasteiger partial charge in [-0.1, -0.05) is 43.2 Å². The van der Waals surface area contributed by atoms with Gasteiger partial charge < -0.3 is 14.8 Å². The highest BCUT2D eigenvalue weighted by Crippen LogP contribution is 2.51. The Labute approximate surface area is 186 Å². The lowest BCUT2D eigenvalue weighted by Gasteiger charge is -2.42. The van der Waals surface area contributed by atoms with Crippen LogP contribution in [-0.2, 0) is 11.2 Å². The van der Waals surface area contributed by atoms with Crippen molar-refractivity contribution in [2.24, 2.45) is 5.92 Å². The first kappa shape index (κ1) is 21.7. The zero-order chi connectivity index (χ0) is 21.8. The molecule has 4 unspecified atom stereocenters. The van der Waals surface area contributed by atoms with Gasteiger partial charge in [-0.05, 0) is 63.4 Å². The number of ether oxygens (including phenoxy) is 2. The lowest BCUT2D eigenvalue weighted by Crippen LogP contribution is -2.38. The zero-order valence-corrected chi connectivity index (χ0v) is 19.0. The molecule has 2 aromatic rings. The molecule has 2 aliphatic rings. The van der Waals surface area contributed by atoms with Crippen LogP contribution in [0.2, 0.25) is 0 Å². The number of carbonyl (C=O) groups is 1. The third-order valence-corrected chi connectivity index (χ3v) is 6.84. The van der Waals surface area contributed by atoms with Crippen molar-refractivity contribution >= 4 is 11.7 Å². The van der Waals surface area contributed by atoms with Gasteiger partial charge in [-0.25, -0.2) is 0 Å². The fourth-order valence-corrected chi connectivity index (χ4v) is 5.41. The maximum Gasteiger partial charge on any atom is 0.308 e. The van der Waals surface area contributed by atoms with Crippen molar-refractivity contribution in [1.82, 2.24) is 0 Å². The van der Waals surface area contributed by atoms with Gasteiger partial charge in [0, 0.05) is 36.3 Å². The number of fused-ring (bicyclic) bond motifs is 3. The summed E-state index contributed by atoms with van der Waals surface area (Å²) in [5.74, 6) is 2.22. The monoisotopic (exact) mass is 421 g/mol. The molecule has 1 heterocycles. The molecule has 0 saturated heterocycles. The van der Waals surface area contributed by atoms with Gasteiger partial charge in [0.15, 0.2) is 0 Å². The molecule has 4 atom stereocenters. The van der Waals surface area contributed by atoms with Crippen molar-refractivity contribution in [3.05, 3.63) is 53.6 Å². The van der Waals surface area contributed by atoms with Gasteiger partial charge in [0.1, 0.15) is 11.5 Å². The Hall–Kier alpha value is -2.49. The fraction of sp³-hybridized carbons (Fsp3) is 0.519. The second-order valence-corrected chi connectivity index (χ2v) is 9.27. The largest absolute Gasteiger partial charge is 0.491 e. The predicted octanol–water partition coefficient (Wildman–Crippen LogP) is 6.49. The molecule has 1 N–H and O–H groups in total. The summed E-state index contributed by atoms with van der Waals surface area (Å²) in [4.78, 5) is 11.8. The summed E-state index contributed by atoms with van der Waals surface area (Å²) in [6, 6.07) is 15.0. The molecule has 1 saturated carbocycles. The number of esters is 1. The molecule has 4 nitrogen and oxygen atoms in total. The van der Waals surface area contributed by atoms with Crippen LogP contribution in [0.5, 0.6) is 11.5 Å². The molecule has 0 aromatic heterocycles. The van der Waals surface area contributed by atoms with Crippen LogP contribution < -0.4 is 14.8 Å². The van der Waals surface area contributed by atoms with E-state index in [4.69, 9.17) is 9.47 Å². The minimum absolute atomic E-state index is 0.0929. The Morgan fingerprint density at radius 3 is 2.71 bits per heavy atom. The molecule has 1 fully saturated rings. The van der Waals surface area contributed by atoms with E-state index in [0.29, 0.717) is 23.6 Å². The maximum atomic E-state index is 11.8. The second kappa shape index (κ2) is 9.76. The molecule has 1 aliphatic carbocycles. The van der Waals surface area contributed by atoms with Crippen molar-refractivity contribution < 1.29 is 14.3 Å². The average Bonchev–Trinajstić information content (AvgIpc) is 2.74. The highest BCUT2D eigenvalue weighted by molar-refractivity contribution is 5.73. The van der Waals surface area contributed by atoms with Crippen LogP contribution in [0.3, 0.4) is 0 Å². The molecule has 31 heavy (non-hydrogen) atoms. The third-order valence-electron chi connectivity index (χ3n) is 6.84. The minimum atomic E-state index is -0.277. The van der Waals surface area contributed by atoms with Crippen molar-refractivity contribution in [3.8, 4) is 11.5 Å². The van der Waals surface area contributed by atoms with E-state index in [2.05, 4.69) is 55.6 Å². The summed E-state index contributed by atoms with van der Waals surface area (Å²) in [6.07, 6.45) is 8.11. The van der Waals surface area contributed by atoms with E-state index in [1.165, 1.54) is 37.3 Å². The van der Waals surface area contributed by atoms with Gasteiger partial charge in [0.05, 0.1) is 6.10 Å². The van der Waals surface area contributed by atoms with E-state index in [0.717, 1.165) is 37.1 Å². The molecule has 0 bridgehead atoms. The summed E-state index contributed by atoms with van der Waals surface area (Å²) in [5.41, 5.74) is 3.60. The Morgan fingerprint density at radius 2 is 1.94 bits per heavy atom. The van der Waals surface area contributed by atoms with E-state index >= 15 is 0 Å². The lowest BCUT2D eigenvalue weighted by molar-refractivity contribution is -0.131. The van der Waals surface area contributed by atoms with Crippen LogP contribution >= 0.6 is 0 Å². The summed E-state index contributed by atoms with van der Waals surface area (Å²) in [6.45, 7) is 5.86. The lowest BCUT2D eigenvalue weighted by atomic mass is 9.69. The number of rotatable bonds is 7. The predicted molar refractivity (Wildman–Crippen MR) is 125 cm³/mol. The first-order valence-electron chi connectivity index (χ1n) is 11.8. The molecular formula is C27H35NO3. The topological polar surface area (TPSA) is 47.6 Å². The van der Waals surface area contributed by atoms with E-state index in [9.17, 15) is 4.79 Å². The van der Waals surface area contributed by atoms with Gasteiger partial charge in [-0.15, -0.1) is 0 Å². The Balaban J connectivity index is 1.49. The van der Waals surface area contributed by atoms with Crippen LogP contribution in [0.1, 0.15) is 76.3 Å².